The van der Waals surface area contributed by atoms with Crippen LogP contribution in [-0.4, -0.2) is 23.7 Å². The van der Waals surface area contributed by atoms with Crippen LogP contribution in [0.2, 0.25) is 0 Å². The largest absolute Gasteiger partial charge is 0.396 e. The molecule has 0 heterocycles. The maximum absolute atomic E-state index is 11.7. The van der Waals surface area contributed by atoms with Crippen LogP contribution in [-0.2, 0) is 4.79 Å². The van der Waals surface area contributed by atoms with E-state index in [1.165, 1.54) is 6.42 Å². The number of hydrogen-bond acceptors (Lipinski definition) is 2. The van der Waals surface area contributed by atoms with Crippen LogP contribution in [0.5, 0.6) is 0 Å². The topological polar surface area (TPSA) is 49.3 Å². The van der Waals surface area contributed by atoms with Crippen molar-refractivity contribution in [2.24, 2.45) is 10.8 Å². The first kappa shape index (κ1) is 14.5. The molecular weight excluding hydrogens is 214 g/mol. The zero-order valence-corrected chi connectivity index (χ0v) is 11.7. The fraction of sp³-hybridized carbons (Fsp3) is 0.929. The van der Waals surface area contributed by atoms with E-state index in [0.717, 1.165) is 12.8 Å². The molecule has 0 aromatic rings. The molecule has 1 saturated carbocycles. The molecule has 0 aliphatic heterocycles. The van der Waals surface area contributed by atoms with E-state index in [9.17, 15) is 4.79 Å². The predicted octanol–water partition coefficient (Wildman–Crippen LogP) is 2.48. The highest BCUT2D eigenvalue weighted by molar-refractivity contribution is 5.76. The molecule has 100 valence electrons. The predicted molar refractivity (Wildman–Crippen MR) is 69.7 cm³/mol. The number of nitrogens with one attached hydrogen (secondary N) is 1. The van der Waals surface area contributed by atoms with Crippen molar-refractivity contribution in [1.82, 2.24) is 5.32 Å². The SMILES string of the molecule is CC1(C)CC(NC(=O)CCCO)CC(C)(C)C1. The van der Waals surface area contributed by atoms with Gasteiger partial charge in [-0.2, -0.15) is 0 Å². The van der Waals surface area contributed by atoms with Crippen LogP contribution in [0.3, 0.4) is 0 Å². The Morgan fingerprint density at radius 1 is 1.24 bits per heavy atom. The third-order valence-electron chi connectivity index (χ3n) is 3.48. The van der Waals surface area contributed by atoms with Crippen LogP contribution in [0.15, 0.2) is 0 Å². The molecule has 3 nitrogen and oxygen atoms in total. The molecule has 0 unspecified atom stereocenters. The number of carbonyl (C=O) groups is 1. The molecule has 1 rings (SSSR count). The Morgan fingerprint density at radius 2 is 1.76 bits per heavy atom. The number of amides is 1. The minimum Gasteiger partial charge on any atom is -0.396 e. The van der Waals surface area contributed by atoms with E-state index in [0.29, 0.717) is 29.7 Å². The number of aliphatic hydroxyl groups is 1. The molecule has 2 N–H and O–H groups in total. The van der Waals surface area contributed by atoms with Gasteiger partial charge in [-0.25, -0.2) is 0 Å². The highest BCUT2D eigenvalue weighted by atomic mass is 16.3. The lowest BCUT2D eigenvalue weighted by Gasteiger charge is -2.45. The third-order valence-corrected chi connectivity index (χ3v) is 3.48. The molecule has 1 aliphatic rings. The lowest BCUT2D eigenvalue weighted by atomic mass is 9.63. The Hall–Kier alpha value is -0.570. The summed E-state index contributed by atoms with van der Waals surface area (Å²) in [7, 11) is 0. The molecule has 0 atom stereocenters. The Morgan fingerprint density at radius 3 is 2.24 bits per heavy atom. The third kappa shape index (κ3) is 5.07. The summed E-state index contributed by atoms with van der Waals surface area (Å²) in [4.78, 5) is 11.7. The van der Waals surface area contributed by atoms with Crippen molar-refractivity contribution in [1.29, 1.82) is 0 Å². The van der Waals surface area contributed by atoms with E-state index < -0.39 is 0 Å². The van der Waals surface area contributed by atoms with Crippen molar-refractivity contribution in [2.45, 2.75) is 65.8 Å². The van der Waals surface area contributed by atoms with Crippen molar-refractivity contribution >= 4 is 5.91 Å². The Bertz CT molecular complexity index is 255. The summed E-state index contributed by atoms with van der Waals surface area (Å²) < 4.78 is 0. The van der Waals surface area contributed by atoms with E-state index >= 15 is 0 Å². The van der Waals surface area contributed by atoms with Gasteiger partial charge in [-0.1, -0.05) is 27.7 Å². The van der Waals surface area contributed by atoms with Gasteiger partial charge in [0.1, 0.15) is 0 Å². The van der Waals surface area contributed by atoms with Crippen molar-refractivity contribution in [3.8, 4) is 0 Å². The second kappa shape index (κ2) is 5.38. The van der Waals surface area contributed by atoms with Gasteiger partial charge in [0.2, 0.25) is 5.91 Å². The summed E-state index contributed by atoms with van der Waals surface area (Å²) in [6.07, 6.45) is 4.32. The maximum atomic E-state index is 11.7. The van der Waals surface area contributed by atoms with Gasteiger partial charge in [-0.3, -0.25) is 4.79 Å². The molecule has 17 heavy (non-hydrogen) atoms. The average molecular weight is 241 g/mol. The van der Waals surface area contributed by atoms with Gasteiger partial charge in [0.15, 0.2) is 0 Å². The zero-order chi connectivity index (χ0) is 13.1. The van der Waals surface area contributed by atoms with E-state index in [-0.39, 0.29) is 12.5 Å². The number of aliphatic hydroxyl groups excluding tert-OH is 1. The summed E-state index contributed by atoms with van der Waals surface area (Å²) in [5, 5.41) is 11.8. The first-order valence-electron chi connectivity index (χ1n) is 6.64. The minimum atomic E-state index is 0.0811. The lowest BCUT2D eigenvalue weighted by Crippen LogP contribution is -2.46. The normalized spacial score (nSPS) is 23.4. The Kier molecular flexibility index (Phi) is 4.59. The number of hydrogen-bond donors (Lipinski definition) is 2. The van der Waals surface area contributed by atoms with Gasteiger partial charge in [0.05, 0.1) is 0 Å². The summed E-state index contributed by atoms with van der Waals surface area (Å²) >= 11 is 0. The van der Waals surface area contributed by atoms with Crippen LogP contribution in [0.25, 0.3) is 0 Å². The smallest absolute Gasteiger partial charge is 0.220 e. The Labute approximate surface area is 105 Å². The van der Waals surface area contributed by atoms with Crippen molar-refractivity contribution in [2.75, 3.05) is 6.61 Å². The molecule has 0 aromatic heterocycles. The molecule has 0 aromatic carbocycles. The average Bonchev–Trinajstić information content (AvgIpc) is 2.09. The van der Waals surface area contributed by atoms with Gasteiger partial charge < -0.3 is 10.4 Å². The first-order valence-corrected chi connectivity index (χ1v) is 6.64. The van der Waals surface area contributed by atoms with Crippen molar-refractivity contribution < 1.29 is 9.90 Å². The summed E-state index contributed by atoms with van der Waals surface area (Å²) in [5.74, 6) is 0.0811. The highest BCUT2D eigenvalue weighted by Crippen LogP contribution is 2.45. The molecule has 1 aliphatic carbocycles. The van der Waals surface area contributed by atoms with Crippen LogP contribution < -0.4 is 5.32 Å². The molecular formula is C14H27NO2. The van der Waals surface area contributed by atoms with E-state index in [1.807, 2.05) is 0 Å². The molecule has 1 amide bonds. The summed E-state index contributed by atoms with van der Waals surface area (Å²) in [5.41, 5.74) is 0.605. The number of carbonyl (C=O) groups excluding carboxylic acids is 1. The first-order chi connectivity index (χ1) is 7.74. The van der Waals surface area contributed by atoms with Crippen LogP contribution >= 0.6 is 0 Å². The van der Waals surface area contributed by atoms with Gasteiger partial charge in [0.25, 0.3) is 0 Å². The summed E-state index contributed by atoms with van der Waals surface area (Å²) in [6.45, 7) is 9.21. The molecule has 0 radical (unpaired) electrons. The zero-order valence-electron chi connectivity index (χ0n) is 11.7. The minimum absolute atomic E-state index is 0.0811. The highest BCUT2D eigenvalue weighted by Gasteiger charge is 2.38. The molecule has 0 saturated heterocycles. The fourth-order valence-electron chi connectivity index (χ4n) is 3.49. The molecule has 0 spiro atoms. The van der Waals surface area contributed by atoms with Crippen LogP contribution in [0.4, 0.5) is 0 Å². The lowest BCUT2D eigenvalue weighted by molar-refractivity contribution is -0.122. The Balaban J connectivity index is 2.51. The van der Waals surface area contributed by atoms with Gasteiger partial charge in [0, 0.05) is 19.1 Å². The van der Waals surface area contributed by atoms with Gasteiger partial charge >= 0.3 is 0 Å². The molecule has 1 fully saturated rings. The fourth-order valence-corrected chi connectivity index (χ4v) is 3.49. The molecule has 0 bridgehead atoms. The standard InChI is InChI=1S/C14H27NO2/c1-13(2)8-11(9-14(3,4)10-13)15-12(17)6-5-7-16/h11,16H,5-10H2,1-4H3,(H,15,17). The van der Waals surface area contributed by atoms with Crippen molar-refractivity contribution in [3.05, 3.63) is 0 Å². The van der Waals surface area contributed by atoms with Crippen molar-refractivity contribution in [3.63, 3.8) is 0 Å². The van der Waals surface area contributed by atoms with Crippen LogP contribution in [0, 0.1) is 10.8 Å². The monoisotopic (exact) mass is 241 g/mol. The van der Waals surface area contributed by atoms with Gasteiger partial charge in [-0.05, 0) is 36.5 Å². The van der Waals surface area contributed by atoms with E-state index in [1.54, 1.807) is 0 Å². The van der Waals surface area contributed by atoms with Crippen LogP contribution in [0.1, 0.15) is 59.8 Å². The second-order valence-electron chi connectivity index (χ2n) is 7.01. The second-order valence-corrected chi connectivity index (χ2v) is 7.01. The van der Waals surface area contributed by atoms with E-state index in [4.69, 9.17) is 5.11 Å². The van der Waals surface area contributed by atoms with Gasteiger partial charge in [-0.15, -0.1) is 0 Å². The maximum Gasteiger partial charge on any atom is 0.220 e. The van der Waals surface area contributed by atoms with E-state index in [2.05, 4.69) is 33.0 Å². The quantitative estimate of drug-likeness (QED) is 0.794. The molecule has 3 heteroatoms. The summed E-state index contributed by atoms with van der Waals surface area (Å²) in [6, 6.07) is 0.292. The number of rotatable bonds is 4.